The van der Waals surface area contributed by atoms with Crippen LogP contribution in [-0.4, -0.2) is 16.7 Å². The van der Waals surface area contributed by atoms with Crippen LogP contribution < -0.4 is 10.9 Å². The first-order valence-corrected chi connectivity index (χ1v) is 7.45. The summed E-state index contributed by atoms with van der Waals surface area (Å²) in [6.45, 7) is 3.34. The van der Waals surface area contributed by atoms with Crippen molar-refractivity contribution >= 4 is 35.2 Å². The van der Waals surface area contributed by atoms with Gasteiger partial charge < -0.3 is 4.42 Å². The Hall–Kier alpha value is -3.13. The van der Waals surface area contributed by atoms with E-state index in [9.17, 15) is 19.7 Å². The van der Waals surface area contributed by atoms with Crippen molar-refractivity contribution in [2.45, 2.75) is 13.8 Å². The standard InChI is InChI=1S/C16H14ClN3O5/c1-9-7-12(10(2)25-9)16(22)19-18-15(21)6-4-11-3-5-13(17)14(8-11)20(23)24/h3-8H,1-2H3,(H,18,21)(H,19,22)/b6-4+. The lowest BCUT2D eigenvalue weighted by atomic mass is 10.2. The fourth-order valence-electron chi connectivity index (χ4n) is 2.03. The molecule has 2 rings (SSSR count). The number of nitro groups is 1. The van der Waals surface area contributed by atoms with E-state index < -0.39 is 16.7 Å². The van der Waals surface area contributed by atoms with Crippen LogP contribution in [0.5, 0.6) is 0 Å². The summed E-state index contributed by atoms with van der Waals surface area (Å²) in [5.74, 6) is -0.103. The summed E-state index contributed by atoms with van der Waals surface area (Å²) in [5.41, 5.74) is 4.93. The van der Waals surface area contributed by atoms with Gasteiger partial charge in [0.1, 0.15) is 16.5 Å². The molecule has 0 spiro atoms. The van der Waals surface area contributed by atoms with E-state index >= 15 is 0 Å². The lowest BCUT2D eigenvalue weighted by Gasteiger charge is -2.04. The van der Waals surface area contributed by atoms with Crippen LogP contribution in [0.15, 0.2) is 34.8 Å². The zero-order chi connectivity index (χ0) is 18.6. The number of nitrogens with one attached hydrogen (secondary N) is 2. The minimum absolute atomic E-state index is 0.00430. The van der Waals surface area contributed by atoms with Crippen molar-refractivity contribution in [3.05, 3.63) is 68.1 Å². The monoisotopic (exact) mass is 363 g/mol. The number of aryl methyl sites for hydroxylation is 2. The van der Waals surface area contributed by atoms with Gasteiger partial charge in [0, 0.05) is 12.1 Å². The largest absolute Gasteiger partial charge is 0.466 e. The summed E-state index contributed by atoms with van der Waals surface area (Å²) < 4.78 is 5.23. The van der Waals surface area contributed by atoms with Crippen LogP contribution in [0.25, 0.3) is 6.08 Å². The summed E-state index contributed by atoms with van der Waals surface area (Å²) in [6.07, 6.45) is 2.48. The van der Waals surface area contributed by atoms with Gasteiger partial charge in [0.05, 0.1) is 10.5 Å². The number of nitro benzene ring substituents is 1. The molecular formula is C16H14ClN3O5. The van der Waals surface area contributed by atoms with E-state index in [1.165, 1.54) is 24.3 Å². The summed E-state index contributed by atoms with van der Waals surface area (Å²) in [5, 5.41) is 10.8. The van der Waals surface area contributed by atoms with Gasteiger partial charge in [-0.15, -0.1) is 0 Å². The van der Waals surface area contributed by atoms with Crippen LogP contribution in [0.4, 0.5) is 5.69 Å². The minimum atomic E-state index is -0.616. The molecule has 0 unspecified atom stereocenters. The molecule has 1 aromatic heterocycles. The number of halogens is 1. The Kier molecular flexibility index (Phi) is 5.56. The molecule has 130 valence electrons. The van der Waals surface area contributed by atoms with Crippen molar-refractivity contribution in [3.63, 3.8) is 0 Å². The molecule has 0 atom stereocenters. The molecule has 0 fully saturated rings. The predicted octanol–water partition coefficient (Wildman–Crippen LogP) is 2.93. The first-order valence-electron chi connectivity index (χ1n) is 7.07. The van der Waals surface area contributed by atoms with Gasteiger partial charge >= 0.3 is 0 Å². The number of carbonyl (C=O) groups is 2. The van der Waals surface area contributed by atoms with Crippen LogP contribution in [-0.2, 0) is 4.79 Å². The molecule has 1 aromatic carbocycles. The van der Waals surface area contributed by atoms with E-state index in [4.69, 9.17) is 16.0 Å². The molecule has 0 saturated carbocycles. The maximum atomic E-state index is 11.9. The average molecular weight is 364 g/mol. The Morgan fingerprint density at radius 3 is 2.56 bits per heavy atom. The number of hydrogen-bond donors (Lipinski definition) is 2. The summed E-state index contributed by atoms with van der Waals surface area (Å²) >= 11 is 5.71. The molecule has 1 heterocycles. The summed E-state index contributed by atoms with van der Waals surface area (Å²) in [7, 11) is 0. The fraction of sp³-hybridized carbons (Fsp3) is 0.125. The van der Waals surface area contributed by atoms with Gasteiger partial charge in [-0.1, -0.05) is 17.7 Å². The predicted molar refractivity (Wildman–Crippen MR) is 90.9 cm³/mol. The van der Waals surface area contributed by atoms with Gasteiger partial charge in [0.25, 0.3) is 17.5 Å². The van der Waals surface area contributed by atoms with E-state index in [2.05, 4.69) is 10.9 Å². The van der Waals surface area contributed by atoms with Gasteiger partial charge in [-0.2, -0.15) is 0 Å². The Balaban J connectivity index is 1.97. The van der Waals surface area contributed by atoms with Crippen LogP contribution in [0.2, 0.25) is 5.02 Å². The first-order chi connectivity index (χ1) is 11.8. The number of hydrazine groups is 1. The number of rotatable bonds is 4. The van der Waals surface area contributed by atoms with Crippen LogP contribution >= 0.6 is 11.6 Å². The maximum Gasteiger partial charge on any atom is 0.288 e. The maximum absolute atomic E-state index is 11.9. The second-order valence-corrected chi connectivity index (χ2v) is 5.48. The Morgan fingerprint density at radius 2 is 1.96 bits per heavy atom. The second kappa shape index (κ2) is 7.63. The average Bonchev–Trinajstić information content (AvgIpc) is 2.90. The normalized spacial score (nSPS) is 10.7. The van der Waals surface area contributed by atoms with Crippen molar-refractivity contribution in [1.82, 2.24) is 10.9 Å². The Bertz CT molecular complexity index is 873. The van der Waals surface area contributed by atoms with Crippen molar-refractivity contribution < 1.29 is 18.9 Å². The molecule has 8 nitrogen and oxygen atoms in total. The molecule has 0 saturated heterocycles. The highest BCUT2D eigenvalue weighted by atomic mass is 35.5. The highest BCUT2D eigenvalue weighted by Gasteiger charge is 2.14. The van der Waals surface area contributed by atoms with Gasteiger partial charge in [0.15, 0.2) is 0 Å². The third-order valence-electron chi connectivity index (χ3n) is 3.18. The molecule has 0 aliphatic heterocycles. The van der Waals surface area contributed by atoms with E-state index in [0.717, 1.165) is 6.08 Å². The molecule has 2 N–H and O–H groups in total. The number of amides is 2. The van der Waals surface area contributed by atoms with Crippen molar-refractivity contribution in [3.8, 4) is 0 Å². The number of nitrogens with zero attached hydrogens (tertiary/aromatic N) is 1. The molecule has 0 aliphatic carbocycles. The molecule has 2 amide bonds. The lowest BCUT2D eigenvalue weighted by molar-refractivity contribution is -0.384. The molecule has 9 heteroatoms. The molecule has 0 bridgehead atoms. The zero-order valence-corrected chi connectivity index (χ0v) is 14.1. The van der Waals surface area contributed by atoms with Crippen molar-refractivity contribution in [2.75, 3.05) is 0 Å². The van der Waals surface area contributed by atoms with Crippen LogP contribution in [0.1, 0.15) is 27.4 Å². The van der Waals surface area contributed by atoms with Gasteiger partial charge in [-0.3, -0.25) is 30.6 Å². The molecule has 0 aliphatic rings. The van der Waals surface area contributed by atoms with E-state index in [-0.39, 0.29) is 10.7 Å². The Labute approximate surface area is 147 Å². The highest BCUT2D eigenvalue weighted by Crippen LogP contribution is 2.25. The third kappa shape index (κ3) is 4.67. The third-order valence-corrected chi connectivity index (χ3v) is 3.50. The molecule has 25 heavy (non-hydrogen) atoms. The van der Waals surface area contributed by atoms with E-state index in [0.29, 0.717) is 22.6 Å². The minimum Gasteiger partial charge on any atom is -0.466 e. The molecular weight excluding hydrogens is 350 g/mol. The summed E-state index contributed by atoms with van der Waals surface area (Å²) in [6, 6.07) is 5.68. The highest BCUT2D eigenvalue weighted by molar-refractivity contribution is 6.32. The fourth-order valence-corrected chi connectivity index (χ4v) is 2.22. The Morgan fingerprint density at radius 1 is 1.24 bits per heavy atom. The van der Waals surface area contributed by atoms with Crippen molar-refractivity contribution in [2.24, 2.45) is 0 Å². The van der Waals surface area contributed by atoms with Gasteiger partial charge in [-0.05, 0) is 37.6 Å². The number of hydrogen-bond acceptors (Lipinski definition) is 5. The number of furan rings is 1. The second-order valence-electron chi connectivity index (χ2n) is 5.07. The zero-order valence-electron chi connectivity index (χ0n) is 13.3. The lowest BCUT2D eigenvalue weighted by Crippen LogP contribution is -2.40. The molecule has 0 radical (unpaired) electrons. The molecule has 2 aromatic rings. The number of benzene rings is 1. The van der Waals surface area contributed by atoms with E-state index in [1.54, 1.807) is 19.9 Å². The van der Waals surface area contributed by atoms with Crippen molar-refractivity contribution in [1.29, 1.82) is 0 Å². The SMILES string of the molecule is Cc1cc(C(=O)NNC(=O)/C=C/c2ccc(Cl)c([N+](=O)[O-])c2)c(C)o1. The van der Waals surface area contributed by atoms with E-state index in [1.807, 2.05) is 0 Å². The summed E-state index contributed by atoms with van der Waals surface area (Å²) in [4.78, 5) is 33.8. The van der Waals surface area contributed by atoms with Gasteiger partial charge in [0.2, 0.25) is 0 Å². The van der Waals surface area contributed by atoms with Crippen LogP contribution in [0.3, 0.4) is 0 Å². The smallest absolute Gasteiger partial charge is 0.288 e. The first kappa shape index (κ1) is 18.2. The number of carbonyl (C=O) groups excluding carboxylic acids is 2. The van der Waals surface area contributed by atoms with Crippen LogP contribution in [0, 0.1) is 24.0 Å². The quantitative estimate of drug-likeness (QED) is 0.492. The topological polar surface area (TPSA) is 114 Å². The van der Waals surface area contributed by atoms with Gasteiger partial charge in [-0.25, -0.2) is 0 Å².